The first-order valence-electron chi connectivity index (χ1n) is 8.64. The molecule has 138 valence electrons. The van der Waals surface area contributed by atoms with Crippen molar-refractivity contribution >= 4 is 11.8 Å². The van der Waals surface area contributed by atoms with Crippen LogP contribution in [0.15, 0.2) is 35.3 Å². The number of hydrogen-bond donors (Lipinski definition) is 1. The van der Waals surface area contributed by atoms with Crippen LogP contribution < -0.4 is 15.5 Å². The Labute approximate surface area is 152 Å². The molecule has 6 nitrogen and oxygen atoms in total. The zero-order chi connectivity index (χ0) is 19.1. The number of pyridine rings is 1. The Balaban J connectivity index is 2.04. The molecule has 1 amide bonds. The summed E-state index contributed by atoms with van der Waals surface area (Å²) in [6.45, 7) is 9.79. The van der Waals surface area contributed by atoms with E-state index >= 15 is 0 Å². The number of nitrogens with one attached hydrogen (secondary N) is 1. The molecule has 0 bridgehead atoms. The quantitative estimate of drug-likeness (QED) is 0.834. The van der Waals surface area contributed by atoms with Crippen LogP contribution in [0.3, 0.4) is 0 Å². The van der Waals surface area contributed by atoms with E-state index < -0.39 is 11.7 Å². The Morgan fingerprint density at radius 1 is 1.31 bits per heavy atom. The summed E-state index contributed by atoms with van der Waals surface area (Å²) in [6, 6.07) is 7.44. The van der Waals surface area contributed by atoms with Crippen molar-refractivity contribution in [1.29, 1.82) is 0 Å². The van der Waals surface area contributed by atoms with Gasteiger partial charge in [-0.15, -0.1) is 0 Å². The van der Waals surface area contributed by atoms with E-state index in [1.54, 1.807) is 27.0 Å². The molecule has 2 aromatic rings. The monoisotopic (exact) mass is 356 g/mol. The van der Waals surface area contributed by atoms with Crippen molar-refractivity contribution in [2.45, 2.75) is 46.3 Å². The number of aromatic nitrogens is 1. The third-order valence-electron chi connectivity index (χ3n) is 4.08. The summed E-state index contributed by atoms with van der Waals surface area (Å²) in [5, 5.41) is 2.56. The van der Waals surface area contributed by atoms with Gasteiger partial charge in [0, 0.05) is 17.8 Å². The van der Waals surface area contributed by atoms with Gasteiger partial charge < -0.3 is 14.0 Å². The Hall–Kier alpha value is -2.76. The summed E-state index contributed by atoms with van der Waals surface area (Å²) in [5.41, 5.74) is 2.00. The van der Waals surface area contributed by atoms with Gasteiger partial charge in [0.15, 0.2) is 0 Å². The van der Waals surface area contributed by atoms with E-state index in [1.807, 2.05) is 36.6 Å². The van der Waals surface area contributed by atoms with Crippen molar-refractivity contribution in [2.24, 2.45) is 0 Å². The van der Waals surface area contributed by atoms with E-state index in [1.165, 1.54) is 6.07 Å². The molecule has 1 aromatic heterocycles. The molecular formula is C20H24N2O4. The number of ether oxygens (including phenoxy) is 2. The first-order chi connectivity index (χ1) is 12.1. The molecule has 0 unspecified atom stereocenters. The van der Waals surface area contributed by atoms with Gasteiger partial charge in [-0.1, -0.05) is 11.6 Å². The topological polar surface area (TPSA) is 69.6 Å². The molecule has 1 aromatic carbocycles. The van der Waals surface area contributed by atoms with E-state index in [4.69, 9.17) is 9.47 Å². The van der Waals surface area contributed by atoms with Crippen LogP contribution in [0.4, 0.5) is 10.5 Å². The molecule has 0 radical (unpaired) electrons. The van der Waals surface area contributed by atoms with Gasteiger partial charge in [0.1, 0.15) is 23.6 Å². The second-order valence-electron chi connectivity index (χ2n) is 7.63. The van der Waals surface area contributed by atoms with Crippen LogP contribution >= 0.6 is 0 Å². The zero-order valence-electron chi connectivity index (χ0n) is 15.8. The van der Waals surface area contributed by atoms with E-state index in [-0.39, 0.29) is 17.2 Å². The Morgan fingerprint density at radius 3 is 2.73 bits per heavy atom. The Morgan fingerprint density at radius 2 is 2.04 bits per heavy atom. The van der Waals surface area contributed by atoms with Crippen LogP contribution in [-0.4, -0.2) is 22.9 Å². The van der Waals surface area contributed by atoms with Gasteiger partial charge in [0.05, 0.1) is 11.7 Å². The Kier molecular flexibility index (Phi) is 4.52. The van der Waals surface area contributed by atoms with E-state index in [2.05, 4.69) is 5.32 Å². The molecule has 1 aliphatic rings. The molecule has 1 aliphatic heterocycles. The van der Waals surface area contributed by atoms with Crippen molar-refractivity contribution in [1.82, 2.24) is 4.57 Å². The first kappa shape index (κ1) is 18.0. The molecule has 1 N–H and O–H groups in total. The van der Waals surface area contributed by atoms with Crippen LogP contribution in [-0.2, 0) is 4.74 Å². The molecule has 0 aliphatic carbocycles. The molecule has 3 rings (SSSR count). The van der Waals surface area contributed by atoms with Crippen LogP contribution in [0.1, 0.15) is 39.3 Å². The highest BCUT2D eigenvalue weighted by Crippen LogP contribution is 2.35. The fraction of sp³-hybridized carbons (Fsp3) is 0.400. The lowest BCUT2D eigenvalue weighted by Gasteiger charge is -2.21. The predicted octanol–water partition coefficient (Wildman–Crippen LogP) is 4.12. The predicted molar refractivity (Wildman–Crippen MR) is 101 cm³/mol. The highest BCUT2D eigenvalue weighted by molar-refractivity contribution is 5.85. The lowest BCUT2D eigenvalue weighted by molar-refractivity contribution is 0.0635. The van der Waals surface area contributed by atoms with Gasteiger partial charge in [0.2, 0.25) is 5.43 Å². The SMILES string of the molecule is Cc1ccc2c(c1)-c1cc(=O)c(NC(=O)OC(C)(C)C)cn1[C@H](C)CO2. The second-order valence-corrected chi connectivity index (χ2v) is 7.63. The fourth-order valence-electron chi connectivity index (χ4n) is 2.90. The van der Waals surface area contributed by atoms with Crippen molar-refractivity contribution in [2.75, 3.05) is 11.9 Å². The van der Waals surface area contributed by atoms with Crippen molar-refractivity contribution in [3.8, 4) is 17.0 Å². The van der Waals surface area contributed by atoms with Gasteiger partial charge in [-0.3, -0.25) is 10.1 Å². The summed E-state index contributed by atoms with van der Waals surface area (Å²) in [7, 11) is 0. The van der Waals surface area contributed by atoms with Crippen LogP contribution in [0.2, 0.25) is 0 Å². The van der Waals surface area contributed by atoms with Gasteiger partial charge in [0.25, 0.3) is 0 Å². The minimum Gasteiger partial charge on any atom is -0.491 e. The lowest BCUT2D eigenvalue weighted by atomic mass is 10.1. The molecule has 1 atom stereocenters. The summed E-state index contributed by atoms with van der Waals surface area (Å²) in [6.07, 6.45) is 1.01. The van der Waals surface area contributed by atoms with Gasteiger partial charge in [-0.2, -0.15) is 0 Å². The third-order valence-corrected chi connectivity index (χ3v) is 4.08. The minimum absolute atomic E-state index is 0.00232. The van der Waals surface area contributed by atoms with Crippen molar-refractivity contribution < 1.29 is 14.3 Å². The highest BCUT2D eigenvalue weighted by atomic mass is 16.6. The Bertz CT molecular complexity index is 909. The second kappa shape index (κ2) is 6.52. The van der Waals surface area contributed by atoms with E-state index in [0.717, 1.165) is 22.6 Å². The maximum atomic E-state index is 12.6. The van der Waals surface area contributed by atoms with E-state index in [9.17, 15) is 9.59 Å². The van der Waals surface area contributed by atoms with E-state index in [0.29, 0.717) is 6.61 Å². The lowest BCUT2D eigenvalue weighted by Crippen LogP contribution is -2.29. The number of anilines is 1. The van der Waals surface area contributed by atoms with Crippen LogP contribution in [0, 0.1) is 6.92 Å². The number of rotatable bonds is 1. The first-order valence-corrected chi connectivity index (χ1v) is 8.64. The fourth-order valence-corrected chi connectivity index (χ4v) is 2.90. The smallest absolute Gasteiger partial charge is 0.412 e. The summed E-state index contributed by atoms with van der Waals surface area (Å²) in [4.78, 5) is 24.6. The molecule has 0 spiro atoms. The number of nitrogens with zero attached hydrogens (tertiary/aromatic N) is 1. The average Bonchev–Trinajstić information content (AvgIpc) is 2.64. The summed E-state index contributed by atoms with van der Waals surface area (Å²) >= 11 is 0. The number of hydrogen-bond acceptors (Lipinski definition) is 4. The number of aryl methyl sites for hydroxylation is 1. The highest BCUT2D eigenvalue weighted by Gasteiger charge is 2.22. The number of carbonyl (C=O) groups excluding carboxylic acids is 1. The normalized spacial score (nSPS) is 16.0. The molecule has 6 heteroatoms. The van der Waals surface area contributed by atoms with Gasteiger partial charge >= 0.3 is 6.09 Å². The molecule has 26 heavy (non-hydrogen) atoms. The number of fused-ring (bicyclic) bond motifs is 3. The molecule has 0 saturated heterocycles. The maximum absolute atomic E-state index is 12.6. The largest absolute Gasteiger partial charge is 0.491 e. The zero-order valence-corrected chi connectivity index (χ0v) is 15.8. The third kappa shape index (κ3) is 3.74. The summed E-state index contributed by atoms with van der Waals surface area (Å²) in [5.74, 6) is 0.751. The van der Waals surface area contributed by atoms with Gasteiger partial charge in [-0.25, -0.2) is 4.79 Å². The number of amides is 1. The molecule has 0 fully saturated rings. The minimum atomic E-state index is -0.649. The molecule has 2 heterocycles. The van der Waals surface area contributed by atoms with Crippen LogP contribution in [0.25, 0.3) is 11.3 Å². The average molecular weight is 356 g/mol. The number of carbonyl (C=O) groups is 1. The maximum Gasteiger partial charge on any atom is 0.412 e. The molecular weight excluding hydrogens is 332 g/mol. The van der Waals surface area contributed by atoms with Crippen molar-refractivity contribution in [3.63, 3.8) is 0 Å². The van der Waals surface area contributed by atoms with Gasteiger partial charge in [-0.05, 0) is 46.8 Å². The standard InChI is InChI=1S/C20H24N2O4/c1-12-6-7-18-14(8-12)16-9-17(23)15(10-22(16)13(2)11-25-18)21-19(24)26-20(3,4)5/h6-10,13H,11H2,1-5H3,(H,21,24)/t13-/m1/s1. The summed E-state index contributed by atoms with van der Waals surface area (Å²) < 4.78 is 13.1. The van der Waals surface area contributed by atoms with Crippen LogP contribution in [0.5, 0.6) is 5.75 Å². The molecule has 0 saturated carbocycles. The van der Waals surface area contributed by atoms with Crippen molar-refractivity contribution in [3.05, 3.63) is 46.2 Å². The number of benzene rings is 1.